The van der Waals surface area contributed by atoms with Crippen LogP contribution in [0.2, 0.25) is 0 Å². The second-order valence-corrected chi connectivity index (χ2v) is 3.09. The SMILES string of the molecule is Cl.NC1(CCO)CCNCC1. The van der Waals surface area contributed by atoms with Crippen molar-refractivity contribution in [1.82, 2.24) is 5.32 Å². The molecule has 0 amide bonds. The second-order valence-electron chi connectivity index (χ2n) is 3.09. The van der Waals surface area contributed by atoms with Gasteiger partial charge in [-0.05, 0) is 32.4 Å². The molecule has 11 heavy (non-hydrogen) atoms. The number of aliphatic hydroxyl groups is 1. The van der Waals surface area contributed by atoms with Crippen molar-refractivity contribution < 1.29 is 5.11 Å². The van der Waals surface area contributed by atoms with E-state index < -0.39 is 0 Å². The fourth-order valence-electron chi connectivity index (χ4n) is 1.40. The molecule has 0 unspecified atom stereocenters. The summed E-state index contributed by atoms with van der Waals surface area (Å²) in [6.45, 7) is 2.21. The lowest BCUT2D eigenvalue weighted by Gasteiger charge is -2.33. The third kappa shape index (κ3) is 3.38. The Labute approximate surface area is 73.8 Å². The second kappa shape index (κ2) is 4.93. The Morgan fingerprint density at radius 1 is 1.36 bits per heavy atom. The van der Waals surface area contributed by atoms with E-state index >= 15 is 0 Å². The topological polar surface area (TPSA) is 58.3 Å². The Hall–Kier alpha value is 0.170. The average molecular weight is 181 g/mol. The molecule has 1 aliphatic heterocycles. The molecule has 1 fully saturated rings. The standard InChI is InChI=1S/C7H16N2O.ClH/c8-7(3-6-10)1-4-9-5-2-7;/h9-10H,1-6,8H2;1H. The highest BCUT2D eigenvalue weighted by atomic mass is 35.5. The summed E-state index contributed by atoms with van der Waals surface area (Å²) >= 11 is 0. The zero-order valence-electron chi connectivity index (χ0n) is 6.68. The Kier molecular flexibility index (Phi) is 5.01. The molecule has 0 aliphatic carbocycles. The lowest BCUT2D eigenvalue weighted by atomic mass is 9.87. The van der Waals surface area contributed by atoms with Gasteiger partial charge in [-0.25, -0.2) is 0 Å². The van der Waals surface area contributed by atoms with Gasteiger partial charge in [0.25, 0.3) is 0 Å². The molecule has 0 aromatic rings. The van der Waals surface area contributed by atoms with Crippen molar-refractivity contribution in [3.63, 3.8) is 0 Å². The van der Waals surface area contributed by atoms with Crippen molar-refractivity contribution >= 4 is 12.4 Å². The van der Waals surface area contributed by atoms with E-state index in [9.17, 15) is 0 Å². The number of nitrogens with two attached hydrogens (primary N) is 1. The zero-order chi connectivity index (χ0) is 7.45. The summed E-state index contributed by atoms with van der Waals surface area (Å²) in [5.74, 6) is 0. The Morgan fingerprint density at radius 2 is 1.91 bits per heavy atom. The number of hydrogen-bond donors (Lipinski definition) is 3. The maximum absolute atomic E-state index is 8.68. The zero-order valence-corrected chi connectivity index (χ0v) is 7.49. The maximum Gasteiger partial charge on any atom is 0.0448 e. The molecule has 1 heterocycles. The van der Waals surface area contributed by atoms with Gasteiger partial charge in [-0.15, -0.1) is 12.4 Å². The molecule has 4 heteroatoms. The van der Waals surface area contributed by atoms with Crippen LogP contribution in [-0.2, 0) is 0 Å². The summed E-state index contributed by atoms with van der Waals surface area (Å²) in [6.07, 6.45) is 2.73. The van der Waals surface area contributed by atoms with Crippen LogP contribution >= 0.6 is 12.4 Å². The van der Waals surface area contributed by atoms with Gasteiger partial charge >= 0.3 is 0 Å². The Morgan fingerprint density at radius 3 is 2.36 bits per heavy atom. The van der Waals surface area contributed by atoms with Gasteiger partial charge in [0.1, 0.15) is 0 Å². The molecule has 0 spiro atoms. The first-order valence-electron chi connectivity index (χ1n) is 3.87. The predicted molar refractivity (Wildman–Crippen MR) is 48.0 cm³/mol. The number of nitrogens with one attached hydrogen (secondary N) is 1. The molecule has 68 valence electrons. The lowest BCUT2D eigenvalue weighted by molar-refractivity contribution is 0.208. The molecular formula is C7H17ClN2O. The van der Waals surface area contributed by atoms with Crippen molar-refractivity contribution in [2.75, 3.05) is 19.7 Å². The van der Waals surface area contributed by atoms with Crippen LogP contribution in [0.25, 0.3) is 0 Å². The van der Waals surface area contributed by atoms with Crippen LogP contribution in [0, 0.1) is 0 Å². The monoisotopic (exact) mass is 180 g/mol. The number of halogens is 1. The van der Waals surface area contributed by atoms with E-state index in [1.54, 1.807) is 0 Å². The average Bonchev–Trinajstić information content (AvgIpc) is 1.89. The van der Waals surface area contributed by atoms with Crippen molar-refractivity contribution in [2.24, 2.45) is 5.73 Å². The summed E-state index contributed by atoms with van der Waals surface area (Å²) in [4.78, 5) is 0. The molecule has 0 aromatic heterocycles. The first kappa shape index (κ1) is 11.2. The van der Waals surface area contributed by atoms with Crippen LogP contribution in [0.5, 0.6) is 0 Å². The van der Waals surface area contributed by atoms with Crippen molar-refractivity contribution in [3.05, 3.63) is 0 Å². The molecule has 4 N–H and O–H groups in total. The molecule has 0 aromatic carbocycles. The van der Waals surface area contributed by atoms with Gasteiger partial charge in [-0.3, -0.25) is 0 Å². The fourth-order valence-corrected chi connectivity index (χ4v) is 1.40. The molecule has 0 bridgehead atoms. The molecule has 0 atom stereocenters. The number of piperidine rings is 1. The molecule has 1 saturated heterocycles. The third-order valence-electron chi connectivity index (χ3n) is 2.21. The van der Waals surface area contributed by atoms with Crippen LogP contribution in [0.4, 0.5) is 0 Å². The molecule has 0 saturated carbocycles. The van der Waals surface area contributed by atoms with Crippen LogP contribution in [-0.4, -0.2) is 30.3 Å². The quantitative estimate of drug-likeness (QED) is 0.555. The van der Waals surface area contributed by atoms with Crippen LogP contribution in [0.1, 0.15) is 19.3 Å². The van der Waals surface area contributed by atoms with E-state index in [2.05, 4.69) is 5.32 Å². The summed E-state index contributed by atoms with van der Waals surface area (Å²) < 4.78 is 0. The first-order valence-corrected chi connectivity index (χ1v) is 3.87. The lowest BCUT2D eigenvalue weighted by Crippen LogP contribution is -2.49. The van der Waals surface area contributed by atoms with Gasteiger partial charge in [0.2, 0.25) is 0 Å². The van der Waals surface area contributed by atoms with E-state index in [-0.39, 0.29) is 24.6 Å². The van der Waals surface area contributed by atoms with Crippen LogP contribution in [0.15, 0.2) is 0 Å². The highest BCUT2D eigenvalue weighted by molar-refractivity contribution is 5.85. The van der Waals surface area contributed by atoms with Crippen molar-refractivity contribution in [1.29, 1.82) is 0 Å². The van der Waals surface area contributed by atoms with Crippen LogP contribution < -0.4 is 11.1 Å². The number of aliphatic hydroxyl groups excluding tert-OH is 1. The molecule has 1 rings (SSSR count). The largest absolute Gasteiger partial charge is 0.396 e. The number of hydrogen-bond acceptors (Lipinski definition) is 3. The predicted octanol–water partition coefficient (Wildman–Crippen LogP) is -0.129. The Balaban J connectivity index is 0.000001000. The maximum atomic E-state index is 8.68. The minimum Gasteiger partial charge on any atom is -0.396 e. The van der Waals surface area contributed by atoms with Gasteiger partial charge < -0.3 is 16.2 Å². The summed E-state index contributed by atoms with van der Waals surface area (Å²) in [6, 6.07) is 0. The van der Waals surface area contributed by atoms with Gasteiger partial charge in [0.05, 0.1) is 0 Å². The molecular weight excluding hydrogens is 164 g/mol. The first-order chi connectivity index (χ1) is 4.77. The van der Waals surface area contributed by atoms with E-state index in [4.69, 9.17) is 10.8 Å². The Bertz CT molecular complexity index is 99.1. The molecule has 3 nitrogen and oxygen atoms in total. The molecule has 0 radical (unpaired) electrons. The van der Waals surface area contributed by atoms with Gasteiger partial charge in [-0.2, -0.15) is 0 Å². The molecule has 1 aliphatic rings. The van der Waals surface area contributed by atoms with Gasteiger partial charge in [-0.1, -0.05) is 0 Å². The highest BCUT2D eigenvalue weighted by Crippen LogP contribution is 2.17. The summed E-state index contributed by atoms with van der Waals surface area (Å²) in [5.41, 5.74) is 5.89. The van der Waals surface area contributed by atoms with Gasteiger partial charge in [0, 0.05) is 12.1 Å². The van der Waals surface area contributed by atoms with Crippen LogP contribution in [0.3, 0.4) is 0 Å². The van der Waals surface area contributed by atoms with E-state index in [1.165, 1.54) is 0 Å². The van der Waals surface area contributed by atoms with Gasteiger partial charge in [0.15, 0.2) is 0 Å². The van der Waals surface area contributed by atoms with E-state index in [0.29, 0.717) is 0 Å². The normalized spacial score (nSPS) is 22.4. The minimum atomic E-state index is -0.0833. The fraction of sp³-hybridized carbons (Fsp3) is 1.00. The van der Waals surface area contributed by atoms with E-state index in [0.717, 1.165) is 32.4 Å². The minimum absolute atomic E-state index is 0. The third-order valence-corrected chi connectivity index (χ3v) is 2.21. The number of rotatable bonds is 2. The van der Waals surface area contributed by atoms with E-state index in [1.807, 2.05) is 0 Å². The van der Waals surface area contributed by atoms with Crippen molar-refractivity contribution in [3.8, 4) is 0 Å². The highest BCUT2D eigenvalue weighted by Gasteiger charge is 2.25. The summed E-state index contributed by atoms with van der Waals surface area (Å²) in [7, 11) is 0. The summed E-state index contributed by atoms with van der Waals surface area (Å²) in [5, 5.41) is 11.9. The van der Waals surface area contributed by atoms with Crippen molar-refractivity contribution in [2.45, 2.75) is 24.8 Å². The smallest absolute Gasteiger partial charge is 0.0448 e.